The molecule has 0 bridgehead atoms. The van der Waals surface area contributed by atoms with Gasteiger partial charge in [0.1, 0.15) is 28.1 Å². The molecule has 2 amide bonds. The third-order valence-corrected chi connectivity index (χ3v) is 6.93. The minimum Gasteiger partial charge on any atom is -0.426 e. The predicted octanol–water partition coefficient (Wildman–Crippen LogP) is 2.63. The normalized spacial score (nSPS) is 23.3. The van der Waals surface area contributed by atoms with E-state index in [9.17, 15) is 19.2 Å². The summed E-state index contributed by atoms with van der Waals surface area (Å²) in [6.45, 7) is 2.89. The number of azide groups is 1. The Labute approximate surface area is 206 Å². The number of alkyl halides is 1. The Kier molecular flexibility index (Phi) is 7.92. The number of hydrogen-bond acceptors (Lipinski definition) is 9. The van der Waals surface area contributed by atoms with Crippen molar-refractivity contribution in [3.05, 3.63) is 46.3 Å². The third kappa shape index (κ3) is 5.28. The highest BCUT2D eigenvalue weighted by molar-refractivity contribution is 14.1. The maximum absolute atomic E-state index is 12.8. The smallest absolute Gasteiger partial charge is 0.426 e. The second kappa shape index (κ2) is 10.5. The second-order valence-corrected chi connectivity index (χ2v) is 9.89. The average Bonchev–Trinajstić information content (AvgIpc) is 3.04. The first-order valence-corrected chi connectivity index (χ1v) is 12.0. The van der Waals surface area contributed by atoms with Crippen LogP contribution in [0.3, 0.4) is 0 Å². The van der Waals surface area contributed by atoms with E-state index in [2.05, 4.69) is 24.8 Å². The Morgan fingerprint density at radius 3 is 2.61 bits per heavy atom. The van der Waals surface area contributed by atoms with Gasteiger partial charge < -0.3 is 24.4 Å². The van der Waals surface area contributed by atoms with Crippen molar-refractivity contribution in [2.45, 2.75) is 42.1 Å². The number of amides is 2. The Hall–Kier alpha value is -2.71. The van der Waals surface area contributed by atoms with E-state index in [1.165, 1.54) is 16.7 Å². The van der Waals surface area contributed by atoms with Crippen molar-refractivity contribution < 1.29 is 33.4 Å². The fourth-order valence-corrected chi connectivity index (χ4v) is 5.49. The molecule has 12 nitrogen and oxygen atoms in total. The first kappa shape index (κ1) is 24.9. The van der Waals surface area contributed by atoms with Crippen molar-refractivity contribution >= 4 is 58.3 Å². The van der Waals surface area contributed by atoms with Crippen molar-refractivity contribution in [3.8, 4) is 0 Å². The Bertz CT molecular complexity index is 988. The third-order valence-electron chi connectivity index (χ3n) is 5.04. The molecule has 2 saturated heterocycles. The van der Waals surface area contributed by atoms with Crippen LogP contribution in [0.2, 0.25) is 0 Å². The summed E-state index contributed by atoms with van der Waals surface area (Å²) in [5, 5.41) is 5.68. The SMILES string of the molecule is CC1(C)S[C@@H]2[C@H](NC(=O)C(N=[N+]=[N-])c3ccccc3)C(=O)N2[C@H]1C(=O)OCOC(=O)OCI. The summed E-state index contributed by atoms with van der Waals surface area (Å²) in [5.74, 6) is -1.83. The van der Waals surface area contributed by atoms with Crippen molar-refractivity contribution in [1.29, 1.82) is 0 Å². The molecule has 2 fully saturated rings. The molecular formula is C19H20IN5O7S. The summed E-state index contributed by atoms with van der Waals surface area (Å²) in [6.07, 6.45) is -0.981. The summed E-state index contributed by atoms with van der Waals surface area (Å²) in [4.78, 5) is 53.6. The number of β-lactam (4-membered cyclic amide) rings is 1. The molecule has 1 aromatic rings. The Balaban J connectivity index is 1.66. The van der Waals surface area contributed by atoms with E-state index in [4.69, 9.17) is 10.3 Å². The molecule has 0 spiro atoms. The number of hydrogen-bond donors (Lipinski definition) is 1. The molecule has 2 aliphatic rings. The van der Waals surface area contributed by atoms with Gasteiger partial charge in [0.25, 0.3) is 0 Å². The van der Waals surface area contributed by atoms with Gasteiger partial charge in [-0.05, 0) is 47.5 Å². The number of fused-ring (bicyclic) bond motifs is 1. The quantitative estimate of drug-likeness (QED) is 0.0708. The Morgan fingerprint density at radius 2 is 1.97 bits per heavy atom. The van der Waals surface area contributed by atoms with Gasteiger partial charge >= 0.3 is 12.1 Å². The van der Waals surface area contributed by atoms with Crippen LogP contribution in [-0.2, 0) is 28.6 Å². The molecule has 0 aromatic heterocycles. The van der Waals surface area contributed by atoms with Crippen molar-refractivity contribution in [2.75, 3.05) is 11.4 Å². The van der Waals surface area contributed by atoms with Crippen LogP contribution in [0.5, 0.6) is 0 Å². The largest absolute Gasteiger partial charge is 0.511 e. The number of benzene rings is 1. The van der Waals surface area contributed by atoms with E-state index in [1.54, 1.807) is 44.2 Å². The zero-order valence-corrected chi connectivity index (χ0v) is 20.5. The number of nitrogens with one attached hydrogen (secondary N) is 1. The average molecular weight is 589 g/mol. The van der Waals surface area contributed by atoms with Crippen LogP contribution in [0.25, 0.3) is 10.4 Å². The van der Waals surface area contributed by atoms with Gasteiger partial charge in [-0.1, -0.05) is 35.4 Å². The van der Waals surface area contributed by atoms with E-state index in [1.807, 2.05) is 22.6 Å². The molecule has 0 aliphatic carbocycles. The van der Waals surface area contributed by atoms with Crippen LogP contribution >= 0.6 is 34.4 Å². The first-order valence-electron chi connectivity index (χ1n) is 9.63. The molecular weight excluding hydrogens is 569 g/mol. The van der Waals surface area contributed by atoms with Gasteiger partial charge in [0, 0.05) is 9.66 Å². The molecule has 0 saturated carbocycles. The van der Waals surface area contributed by atoms with E-state index in [0.29, 0.717) is 5.56 Å². The lowest BCUT2D eigenvalue weighted by molar-refractivity contribution is -0.170. The molecule has 2 heterocycles. The minimum absolute atomic E-state index is 0.0821. The molecule has 1 unspecified atom stereocenters. The lowest BCUT2D eigenvalue weighted by Crippen LogP contribution is -2.71. The predicted molar refractivity (Wildman–Crippen MR) is 124 cm³/mol. The van der Waals surface area contributed by atoms with Crippen molar-refractivity contribution in [1.82, 2.24) is 10.2 Å². The number of esters is 1. The molecule has 33 heavy (non-hydrogen) atoms. The number of thioether (sulfide) groups is 1. The summed E-state index contributed by atoms with van der Waals surface area (Å²) in [5.41, 5.74) is 9.35. The highest BCUT2D eigenvalue weighted by Crippen LogP contribution is 2.51. The van der Waals surface area contributed by atoms with E-state index in [-0.39, 0.29) is 4.61 Å². The number of nitrogens with zero attached hydrogens (tertiary/aromatic N) is 4. The topological polar surface area (TPSA) is 160 Å². The van der Waals surface area contributed by atoms with Gasteiger partial charge in [-0.3, -0.25) is 9.59 Å². The number of halogens is 1. The first-order chi connectivity index (χ1) is 15.7. The van der Waals surface area contributed by atoms with E-state index in [0.717, 1.165) is 0 Å². The van der Waals surface area contributed by atoms with Crippen LogP contribution in [0.15, 0.2) is 35.4 Å². The van der Waals surface area contributed by atoms with Gasteiger partial charge in [-0.2, -0.15) is 0 Å². The summed E-state index contributed by atoms with van der Waals surface area (Å²) in [7, 11) is 0. The van der Waals surface area contributed by atoms with E-state index >= 15 is 0 Å². The van der Waals surface area contributed by atoms with Crippen LogP contribution in [0.1, 0.15) is 25.5 Å². The molecule has 176 valence electrons. The molecule has 3 rings (SSSR count). The summed E-state index contributed by atoms with van der Waals surface area (Å²) >= 11 is 3.14. The zero-order valence-electron chi connectivity index (χ0n) is 17.5. The van der Waals surface area contributed by atoms with Crippen molar-refractivity contribution in [2.24, 2.45) is 5.11 Å². The summed E-state index contributed by atoms with van der Waals surface area (Å²) < 4.78 is 13.6. The van der Waals surface area contributed by atoms with Gasteiger partial charge in [0.15, 0.2) is 0 Å². The lowest BCUT2D eigenvalue weighted by atomic mass is 9.95. The molecule has 0 radical (unpaired) electrons. The molecule has 1 N–H and O–H groups in total. The van der Waals surface area contributed by atoms with Gasteiger partial charge in [0.2, 0.25) is 18.6 Å². The fourth-order valence-electron chi connectivity index (χ4n) is 3.62. The second-order valence-electron chi connectivity index (χ2n) is 7.49. The maximum atomic E-state index is 12.8. The van der Waals surface area contributed by atoms with Gasteiger partial charge in [-0.15, -0.1) is 11.8 Å². The monoisotopic (exact) mass is 589 g/mol. The maximum Gasteiger partial charge on any atom is 0.511 e. The highest BCUT2D eigenvalue weighted by atomic mass is 127. The molecule has 4 atom stereocenters. The van der Waals surface area contributed by atoms with Crippen molar-refractivity contribution in [3.63, 3.8) is 0 Å². The number of ether oxygens (including phenoxy) is 3. The molecule has 14 heteroatoms. The molecule has 2 aliphatic heterocycles. The summed E-state index contributed by atoms with van der Waals surface area (Å²) in [6, 6.07) is 5.48. The van der Waals surface area contributed by atoms with Gasteiger partial charge in [0.05, 0.1) is 0 Å². The zero-order chi connectivity index (χ0) is 24.2. The standard InChI is InChI=1S/C19H20IN5O7S/c1-19(2)13(17(28)31-9-32-18(29)30-8-20)25-15(27)12(16(25)33-19)22-14(26)11(23-24-21)10-6-4-3-5-7-10/h3-7,11-13,16H,8-9H2,1-2H3,(H,22,26)/t11?,12-,13+,16-/m1/s1. The van der Waals surface area contributed by atoms with E-state index < -0.39 is 59.0 Å². The van der Waals surface area contributed by atoms with Crippen LogP contribution < -0.4 is 5.32 Å². The fraction of sp³-hybridized carbons (Fsp3) is 0.474. The Morgan fingerprint density at radius 1 is 1.27 bits per heavy atom. The van der Waals surface area contributed by atoms with Crippen LogP contribution in [0.4, 0.5) is 4.79 Å². The number of carbonyl (C=O) groups is 4. The molecule has 1 aromatic carbocycles. The number of carbonyl (C=O) groups excluding carboxylic acids is 4. The minimum atomic E-state index is -1.14. The van der Waals surface area contributed by atoms with Crippen LogP contribution in [-0.4, -0.2) is 62.5 Å². The van der Waals surface area contributed by atoms with Crippen LogP contribution in [0, 0.1) is 0 Å². The lowest BCUT2D eigenvalue weighted by Gasteiger charge is -2.44. The van der Waals surface area contributed by atoms with Gasteiger partial charge in [-0.25, -0.2) is 9.59 Å². The highest BCUT2D eigenvalue weighted by Gasteiger charge is 2.64. The number of rotatable bonds is 8.